The number of halogens is 1. The van der Waals surface area contributed by atoms with Crippen LogP contribution in [-0.2, 0) is 4.74 Å². The van der Waals surface area contributed by atoms with E-state index in [2.05, 4.69) is 6.07 Å². The van der Waals surface area contributed by atoms with Crippen molar-refractivity contribution in [2.24, 2.45) is 0 Å². The standard InChI is InChI=1S/C10H10ClNO/c1-2-13-10(7-12)8-3-5-9(11)6-4-8/h3-6,10H,2H2,1H3. The van der Waals surface area contributed by atoms with E-state index >= 15 is 0 Å². The number of ether oxygens (including phenoxy) is 1. The minimum atomic E-state index is -0.484. The molecule has 0 aromatic heterocycles. The minimum Gasteiger partial charge on any atom is -0.359 e. The summed E-state index contributed by atoms with van der Waals surface area (Å²) in [6.45, 7) is 2.39. The molecular weight excluding hydrogens is 186 g/mol. The Bertz CT molecular complexity index is 302. The molecule has 0 radical (unpaired) electrons. The molecule has 1 rings (SSSR count). The second kappa shape index (κ2) is 4.86. The highest BCUT2D eigenvalue weighted by Gasteiger charge is 2.08. The summed E-state index contributed by atoms with van der Waals surface area (Å²) in [5.41, 5.74) is 0.841. The van der Waals surface area contributed by atoms with Crippen LogP contribution >= 0.6 is 11.6 Å². The number of hydrogen-bond donors (Lipinski definition) is 0. The number of benzene rings is 1. The first-order valence-corrected chi connectivity index (χ1v) is 4.42. The van der Waals surface area contributed by atoms with Gasteiger partial charge in [-0.15, -0.1) is 0 Å². The summed E-state index contributed by atoms with van der Waals surface area (Å²) in [6, 6.07) is 9.17. The molecule has 0 heterocycles. The van der Waals surface area contributed by atoms with Crippen molar-refractivity contribution >= 4 is 11.6 Å². The van der Waals surface area contributed by atoms with Gasteiger partial charge >= 0.3 is 0 Å². The molecule has 0 amide bonds. The van der Waals surface area contributed by atoms with Gasteiger partial charge in [-0.3, -0.25) is 0 Å². The topological polar surface area (TPSA) is 33.0 Å². The van der Waals surface area contributed by atoms with E-state index in [0.717, 1.165) is 5.56 Å². The van der Waals surface area contributed by atoms with Crippen molar-refractivity contribution in [2.45, 2.75) is 13.0 Å². The summed E-state index contributed by atoms with van der Waals surface area (Å²) in [7, 11) is 0. The van der Waals surface area contributed by atoms with Gasteiger partial charge in [0.25, 0.3) is 0 Å². The molecule has 68 valence electrons. The molecule has 1 unspecified atom stereocenters. The Balaban J connectivity index is 2.81. The molecule has 0 bridgehead atoms. The van der Waals surface area contributed by atoms with E-state index in [1.54, 1.807) is 24.3 Å². The lowest BCUT2D eigenvalue weighted by Crippen LogP contribution is -2.00. The van der Waals surface area contributed by atoms with Gasteiger partial charge in [0.2, 0.25) is 0 Å². The van der Waals surface area contributed by atoms with E-state index in [1.807, 2.05) is 6.92 Å². The Morgan fingerprint density at radius 2 is 2.08 bits per heavy atom. The zero-order chi connectivity index (χ0) is 9.68. The van der Waals surface area contributed by atoms with Crippen molar-refractivity contribution < 1.29 is 4.74 Å². The van der Waals surface area contributed by atoms with Crippen LogP contribution in [0.15, 0.2) is 24.3 Å². The highest BCUT2D eigenvalue weighted by atomic mass is 35.5. The van der Waals surface area contributed by atoms with Gasteiger partial charge in [0.15, 0.2) is 6.10 Å². The van der Waals surface area contributed by atoms with Gasteiger partial charge in [0.05, 0.1) is 6.07 Å². The Morgan fingerprint density at radius 3 is 2.54 bits per heavy atom. The van der Waals surface area contributed by atoms with Crippen molar-refractivity contribution in [3.05, 3.63) is 34.9 Å². The van der Waals surface area contributed by atoms with E-state index in [9.17, 15) is 0 Å². The SMILES string of the molecule is CCOC(C#N)c1ccc(Cl)cc1. The maximum atomic E-state index is 8.77. The summed E-state index contributed by atoms with van der Waals surface area (Å²) in [5.74, 6) is 0. The predicted octanol–water partition coefficient (Wildman–Crippen LogP) is 2.94. The molecule has 0 aliphatic heterocycles. The molecule has 1 aromatic rings. The van der Waals surface area contributed by atoms with Gasteiger partial charge in [0, 0.05) is 11.6 Å². The van der Waals surface area contributed by atoms with Crippen molar-refractivity contribution in [3.63, 3.8) is 0 Å². The zero-order valence-electron chi connectivity index (χ0n) is 7.33. The van der Waals surface area contributed by atoms with Crippen LogP contribution in [0.1, 0.15) is 18.6 Å². The highest BCUT2D eigenvalue weighted by molar-refractivity contribution is 6.30. The van der Waals surface area contributed by atoms with Crippen LogP contribution in [-0.4, -0.2) is 6.61 Å². The molecule has 13 heavy (non-hydrogen) atoms. The van der Waals surface area contributed by atoms with Crippen molar-refractivity contribution in [1.29, 1.82) is 5.26 Å². The fraction of sp³-hybridized carbons (Fsp3) is 0.300. The molecular formula is C10H10ClNO. The van der Waals surface area contributed by atoms with Gasteiger partial charge in [-0.05, 0) is 24.6 Å². The lowest BCUT2D eigenvalue weighted by molar-refractivity contribution is 0.102. The monoisotopic (exact) mass is 195 g/mol. The Morgan fingerprint density at radius 1 is 1.46 bits per heavy atom. The smallest absolute Gasteiger partial charge is 0.169 e. The summed E-state index contributed by atoms with van der Waals surface area (Å²) in [5, 5.41) is 9.44. The first kappa shape index (κ1) is 10.0. The molecule has 0 aliphatic rings. The summed E-state index contributed by atoms with van der Waals surface area (Å²) in [4.78, 5) is 0. The van der Waals surface area contributed by atoms with E-state index in [-0.39, 0.29) is 0 Å². The lowest BCUT2D eigenvalue weighted by atomic mass is 10.1. The fourth-order valence-corrected chi connectivity index (χ4v) is 1.14. The van der Waals surface area contributed by atoms with E-state index in [1.165, 1.54) is 0 Å². The first-order valence-electron chi connectivity index (χ1n) is 4.04. The molecule has 1 atom stereocenters. The zero-order valence-corrected chi connectivity index (χ0v) is 8.08. The van der Waals surface area contributed by atoms with E-state index in [0.29, 0.717) is 11.6 Å². The van der Waals surface area contributed by atoms with Crippen LogP contribution < -0.4 is 0 Å². The molecule has 0 N–H and O–H groups in total. The van der Waals surface area contributed by atoms with Crippen molar-refractivity contribution in [2.75, 3.05) is 6.61 Å². The summed E-state index contributed by atoms with van der Waals surface area (Å²) < 4.78 is 5.21. The lowest BCUT2D eigenvalue weighted by Gasteiger charge is -2.08. The quantitative estimate of drug-likeness (QED) is 0.743. The molecule has 3 heteroatoms. The van der Waals surface area contributed by atoms with Crippen LogP contribution in [0.2, 0.25) is 5.02 Å². The second-order valence-electron chi connectivity index (χ2n) is 2.52. The second-order valence-corrected chi connectivity index (χ2v) is 2.95. The maximum Gasteiger partial charge on any atom is 0.169 e. The van der Waals surface area contributed by atoms with Crippen molar-refractivity contribution in [1.82, 2.24) is 0 Å². The third kappa shape index (κ3) is 2.73. The molecule has 0 aliphatic carbocycles. The van der Waals surface area contributed by atoms with E-state index < -0.39 is 6.10 Å². The largest absolute Gasteiger partial charge is 0.359 e. The van der Waals surface area contributed by atoms with Gasteiger partial charge < -0.3 is 4.74 Å². The summed E-state index contributed by atoms with van der Waals surface area (Å²) >= 11 is 5.71. The normalized spacial score (nSPS) is 12.1. The van der Waals surface area contributed by atoms with Crippen LogP contribution in [0.3, 0.4) is 0 Å². The maximum absolute atomic E-state index is 8.77. The van der Waals surface area contributed by atoms with E-state index in [4.69, 9.17) is 21.6 Å². The van der Waals surface area contributed by atoms with Gasteiger partial charge in [0.1, 0.15) is 0 Å². The van der Waals surface area contributed by atoms with Crippen LogP contribution in [0, 0.1) is 11.3 Å². The van der Waals surface area contributed by atoms with Crippen LogP contribution in [0.5, 0.6) is 0 Å². The Labute approximate surface area is 82.7 Å². The average Bonchev–Trinajstić information content (AvgIpc) is 2.16. The average molecular weight is 196 g/mol. The fourth-order valence-electron chi connectivity index (χ4n) is 1.01. The van der Waals surface area contributed by atoms with Gasteiger partial charge in [-0.25, -0.2) is 0 Å². The molecule has 1 aromatic carbocycles. The van der Waals surface area contributed by atoms with Crippen molar-refractivity contribution in [3.8, 4) is 6.07 Å². The number of nitriles is 1. The third-order valence-electron chi connectivity index (χ3n) is 1.62. The molecule has 0 saturated carbocycles. The van der Waals surface area contributed by atoms with Crippen LogP contribution in [0.4, 0.5) is 0 Å². The minimum absolute atomic E-state index is 0.484. The number of rotatable bonds is 3. The first-order chi connectivity index (χ1) is 6.27. The van der Waals surface area contributed by atoms with Gasteiger partial charge in [-0.2, -0.15) is 5.26 Å². The highest BCUT2D eigenvalue weighted by Crippen LogP contribution is 2.18. The molecule has 0 saturated heterocycles. The Hall–Kier alpha value is -1.04. The Kier molecular flexibility index (Phi) is 3.75. The molecule has 2 nitrogen and oxygen atoms in total. The number of nitrogens with zero attached hydrogens (tertiary/aromatic N) is 1. The van der Waals surface area contributed by atoms with Gasteiger partial charge in [-0.1, -0.05) is 23.7 Å². The third-order valence-corrected chi connectivity index (χ3v) is 1.88. The number of hydrogen-bond acceptors (Lipinski definition) is 2. The predicted molar refractivity (Wildman–Crippen MR) is 51.4 cm³/mol. The molecule has 0 spiro atoms. The molecule has 0 fully saturated rings. The summed E-state index contributed by atoms with van der Waals surface area (Å²) in [6.07, 6.45) is -0.484. The van der Waals surface area contributed by atoms with Crippen LogP contribution in [0.25, 0.3) is 0 Å².